The van der Waals surface area contributed by atoms with Gasteiger partial charge in [0.1, 0.15) is 17.3 Å². The van der Waals surface area contributed by atoms with E-state index in [0.717, 1.165) is 49.3 Å². The number of H-pyrrole nitrogens is 1. The Kier molecular flexibility index (Phi) is 8.96. The maximum atomic E-state index is 13.2. The fourth-order valence-electron chi connectivity index (χ4n) is 6.32. The Bertz CT molecular complexity index is 1760. The van der Waals surface area contributed by atoms with Crippen LogP contribution in [0, 0.1) is 0 Å². The Labute approximate surface area is 273 Å². The molecular formula is C35H40N6O6. The predicted molar refractivity (Wildman–Crippen MR) is 177 cm³/mol. The molecule has 3 aliphatic rings. The van der Waals surface area contributed by atoms with Crippen LogP contribution in [-0.2, 0) is 14.2 Å². The molecule has 2 aromatic carbocycles. The third kappa shape index (κ3) is 6.69. The van der Waals surface area contributed by atoms with E-state index in [0.29, 0.717) is 46.9 Å². The van der Waals surface area contributed by atoms with Gasteiger partial charge in [-0.05, 0) is 81.8 Å². The minimum Gasteiger partial charge on any atom is -0.465 e. The number of nitrogens with zero attached hydrogens (tertiary/aromatic N) is 4. The number of amides is 1. The first kappa shape index (κ1) is 32.1. The number of carbonyl (C=O) groups is 3. The summed E-state index contributed by atoms with van der Waals surface area (Å²) in [5, 5.41) is 3.42. The van der Waals surface area contributed by atoms with Crippen molar-refractivity contribution in [1.82, 2.24) is 20.2 Å². The van der Waals surface area contributed by atoms with Gasteiger partial charge in [0.15, 0.2) is 0 Å². The maximum Gasteiger partial charge on any atom is 0.410 e. The van der Waals surface area contributed by atoms with Gasteiger partial charge in [0.25, 0.3) is 0 Å². The third-order valence-electron chi connectivity index (χ3n) is 8.59. The summed E-state index contributed by atoms with van der Waals surface area (Å²) >= 11 is 0. The summed E-state index contributed by atoms with van der Waals surface area (Å²) in [4.78, 5) is 58.2. The molecule has 2 saturated heterocycles. The van der Waals surface area contributed by atoms with Crippen LogP contribution in [0.25, 0.3) is 22.4 Å². The molecule has 0 unspecified atom stereocenters. The quantitative estimate of drug-likeness (QED) is 0.260. The molecule has 2 N–H and O–H groups in total. The van der Waals surface area contributed by atoms with Gasteiger partial charge in [-0.3, -0.25) is 9.89 Å². The molecule has 3 aliphatic heterocycles. The highest BCUT2D eigenvalue weighted by molar-refractivity contribution is 6.15. The third-order valence-corrected chi connectivity index (χ3v) is 8.59. The van der Waals surface area contributed by atoms with E-state index in [4.69, 9.17) is 19.2 Å². The van der Waals surface area contributed by atoms with Crippen LogP contribution >= 0.6 is 0 Å². The fraction of sp³-hybridized carbons (Fsp3) is 0.429. The lowest BCUT2D eigenvalue weighted by Gasteiger charge is -2.27. The molecule has 6 rings (SSSR count). The Morgan fingerprint density at radius 1 is 0.915 bits per heavy atom. The zero-order valence-electron chi connectivity index (χ0n) is 27.4. The number of hydrogen-bond donors (Lipinski definition) is 2. The highest BCUT2D eigenvalue weighted by Crippen LogP contribution is 2.35. The monoisotopic (exact) mass is 640 g/mol. The zero-order valence-corrected chi connectivity index (χ0v) is 27.4. The average Bonchev–Trinajstić information content (AvgIpc) is 3.89. The lowest BCUT2D eigenvalue weighted by Crippen LogP contribution is -2.36. The largest absolute Gasteiger partial charge is 0.465 e. The van der Waals surface area contributed by atoms with E-state index in [1.54, 1.807) is 35.4 Å². The van der Waals surface area contributed by atoms with E-state index in [1.165, 1.54) is 14.2 Å². The van der Waals surface area contributed by atoms with Crippen LogP contribution in [0.4, 0.5) is 4.79 Å². The minimum atomic E-state index is -0.603. The second-order valence-corrected chi connectivity index (χ2v) is 12.9. The van der Waals surface area contributed by atoms with Crippen LogP contribution in [0.15, 0.2) is 52.6 Å². The van der Waals surface area contributed by atoms with E-state index in [9.17, 15) is 14.4 Å². The molecule has 1 aromatic heterocycles. The molecule has 4 heterocycles. The molecule has 0 bridgehead atoms. The molecule has 47 heavy (non-hydrogen) atoms. The number of nitrogens with one attached hydrogen (secondary N) is 2. The minimum absolute atomic E-state index is 0.154. The Morgan fingerprint density at radius 3 is 2.23 bits per heavy atom. The Morgan fingerprint density at radius 2 is 1.60 bits per heavy atom. The van der Waals surface area contributed by atoms with Crippen molar-refractivity contribution in [2.45, 2.75) is 64.1 Å². The average molecular weight is 641 g/mol. The normalized spacial score (nSPS) is 19.4. The summed E-state index contributed by atoms with van der Waals surface area (Å²) < 4.78 is 15.9. The van der Waals surface area contributed by atoms with E-state index in [1.807, 2.05) is 32.9 Å². The highest BCUT2D eigenvalue weighted by atomic mass is 16.6. The van der Waals surface area contributed by atoms with Gasteiger partial charge < -0.3 is 24.5 Å². The van der Waals surface area contributed by atoms with Crippen molar-refractivity contribution in [1.29, 1.82) is 0 Å². The number of hydrogen-bond acceptors (Lipinski definition) is 10. The second-order valence-electron chi connectivity index (χ2n) is 12.9. The molecule has 0 spiro atoms. The van der Waals surface area contributed by atoms with Gasteiger partial charge in [0, 0.05) is 12.1 Å². The maximum absolute atomic E-state index is 13.2. The van der Waals surface area contributed by atoms with Crippen molar-refractivity contribution in [3.8, 4) is 22.4 Å². The molecule has 12 heteroatoms. The number of amidine groups is 1. The number of ether oxygens (including phenoxy) is 3. The number of imidazole rings is 1. The van der Waals surface area contributed by atoms with Crippen molar-refractivity contribution in [2.24, 2.45) is 9.98 Å². The molecule has 2 fully saturated rings. The van der Waals surface area contributed by atoms with Gasteiger partial charge in [-0.25, -0.2) is 24.4 Å². The summed E-state index contributed by atoms with van der Waals surface area (Å²) in [6, 6.07) is 10.7. The summed E-state index contributed by atoms with van der Waals surface area (Å²) in [5.74, 6) is 0.331. The number of carbonyl (C=O) groups excluding carboxylic acids is 3. The molecule has 3 aromatic rings. The van der Waals surface area contributed by atoms with Gasteiger partial charge >= 0.3 is 18.0 Å². The topological polar surface area (TPSA) is 148 Å². The number of benzene rings is 2. The summed E-state index contributed by atoms with van der Waals surface area (Å²) in [7, 11) is 2.64. The van der Waals surface area contributed by atoms with E-state index in [-0.39, 0.29) is 23.7 Å². The molecule has 0 radical (unpaired) electrons. The molecule has 1 amide bonds. The van der Waals surface area contributed by atoms with Crippen LogP contribution in [0.1, 0.15) is 84.6 Å². The van der Waals surface area contributed by atoms with Crippen molar-refractivity contribution in [3.05, 3.63) is 65.1 Å². The standard InChI is InChI=1S/C35H40N6O6/c1-35(2,3)47-34(44)41-15-7-9-29(41)31-38-19-28(40-31)21-11-13-23(25(17-21)33(43)46-5)22-12-10-20(16-24(22)32(42)45-4)27-18-37-30(39-27)26-8-6-14-36-26/h10-13,16-17,19,26,29,36H,6-9,14-15,18H2,1-5H3,(H,38,40)/t26-,29-/m0/s1. The van der Waals surface area contributed by atoms with Gasteiger partial charge in [-0.15, -0.1) is 0 Å². The molecule has 0 saturated carbocycles. The first-order chi connectivity index (χ1) is 22.6. The highest BCUT2D eigenvalue weighted by Gasteiger charge is 2.35. The second kappa shape index (κ2) is 13.1. The zero-order chi connectivity index (χ0) is 33.3. The van der Waals surface area contributed by atoms with Crippen molar-refractivity contribution < 1.29 is 28.6 Å². The van der Waals surface area contributed by atoms with Crippen LogP contribution in [0.2, 0.25) is 0 Å². The first-order valence-corrected chi connectivity index (χ1v) is 15.9. The molecule has 12 nitrogen and oxygen atoms in total. The Hall–Kier alpha value is -4.84. The van der Waals surface area contributed by atoms with Crippen LogP contribution in [0.5, 0.6) is 0 Å². The number of aliphatic imine (C=N–C) groups is 2. The number of rotatable bonds is 7. The summed E-state index contributed by atoms with van der Waals surface area (Å²) in [6.07, 6.45) is 4.99. The van der Waals surface area contributed by atoms with E-state index >= 15 is 0 Å². The molecule has 2 atom stereocenters. The van der Waals surface area contributed by atoms with Gasteiger partial charge in [0.05, 0.1) is 61.6 Å². The smallest absolute Gasteiger partial charge is 0.410 e. The van der Waals surface area contributed by atoms with Crippen LogP contribution in [0.3, 0.4) is 0 Å². The van der Waals surface area contributed by atoms with Crippen LogP contribution in [-0.4, -0.2) is 89.9 Å². The predicted octanol–water partition coefficient (Wildman–Crippen LogP) is 5.34. The molecular weight excluding hydrogens is 600 g/mol. The van der Waals surface area contributed by atoms with Crippen molar-refractivity contribution >= 4 is 29.6 Å². The van der Waals surface area contributed by atoms with Gasteiger partial charge in [0.2, 0.25) is 0 Å². The van der Waals surface area contributed by atoms with Crippen molar-refractivity contribution in [2.75, 3.05) is 33.9 Å². The lowest BCUT2D eigenvalue weighted by atomic mass is 9.91. The fourth-order valence-corrected chi connectivity index (χ4v) is 6.32. The number of likely N-dealkylation sites (tertiary alicyclic amines) is 1. The summed E-state index contributed by atoms with van der Waals surface area (Å²) in [5.41, 5.74) is 3.90. The SMILES string of the molecule is COC(=O)c1cc(C2=NC([C@@H]3CCCN3)=NC2)ccc1-c1ccc(-c2cnc([C@@H]3CCCN3C(=O)OC(C)(C)C)[nH]2)cc1C(=O)OC. The number of aromatic nitrogens is 2. The molecule has 246 valence electrons. The number of esters is 2. The van der Waals surface area contributed by atoms with Crippen LogP contribution < -0.4 is 5.32 Å². The molecule has 0 aliphatic carbocycles. The van der Waals surface area contributed by atoms with Crippen molar-refractivity contribution in [3.63, 3.8) is 0 Å². The van der Waals surface area contributed by atoms with Gasteiger partial charge in [-0.1, -0.05) is 24.3 Å². The van der Waals surface area contributed by atoms with E-state index < -0.39 is 17.5 Å². The number of aromatic amines is 1. The van der Waals surface area contributed by atoms with E-state index in [2.05, 4.69) is 20.3 Å². The number of methoxy groups -OCH3 is 2. The van der Waals surface area contributed by atoms with Gasteiger partial charge in [-0.2, -0.15) is 0 Å². The lowest BCUT2D eigenvalue weighted by molar-refractivity contribution is 0.0218. The Balaban J connectivity index is 1.31. The first-order valence-electron chi connectivity index (χ1n) is 15.9. The summed E-state index contributed by atoms with van der Waals surface area (Å²) in [6.45, 7) is 7.49.